The second kappa shape index (κ2) is 9.91. The van der Waals surface area contributed by atoms with Crippen LogP contribution in [-0.2, 0) is 16.0 Å². The molecule has 30 heavy (non-hydrogen) atoms. The zero-order chi connectivity index (χ0) is 21.5. The van der Waals surface area contributed by atoms with E-state index in [1.54, 1.807) is 7.11 Å². The summed E-state index contributed by atoms with van der Waals surface area (Å²) in [5.41, 5.74) is 2.57. The lowest BCUT2D eigenvalue weighted by atomic mass is 10.0. The zero-order valence-corrected chi connectivity index (χ0v) is 17.6. The number of carbonyl (C=O) groups is 2. The molecule has 0 saturated heterocycles. The molecule has 1 heterocycles. The van der Waals surface area contributed by atoms with Crippen molar-refractivity contribution in [3.63, 3.8) is 0 Å². The molecular weight excluding hydrogens is 380 g/mol. The number of nitrogens with zero attached hydrogens (tertiary/aromatic N) is 1. The molecule has 2 amide bonds. The summed E-state index contributed by atoms with van der Waals surface area (Å²) in [6.07, 6.45) is 1.34. The van der Waals surface area contributed by atoms with Crippen molar-refractivity contribution in [2.24, 2.45) is 5.92 Å². The minimum Gasteiger partial charge on any atom is -0.496 e. The summed E-state index contributed by atoms with van der Waals surface area (Å²) in [4.78, 5) is 32.8. The Balaban J connectivity index is 1.62. The maximum Gasteiger partial charge on any atom is 0.249 e. The molecule has 1 atom stereocenters. The fourth-order valence-corrected chi connectivity index (χ4v) is 3.34. The minimum absolute atomic E-state index is 0.175. The highest BCUT2D eigenvalue weighted by Gasteiger charge is 2.23. The van der Waals surface area contributed by atoms with E-state index in [0.717, 1.165) is 22.3 Å². The highest BCUT2D eigenvalue weighted by atomic mass is 16.5. The van der Waals surface area contributed by atoms with Crippen LogP contribution in [-0.4, -0.2) is 34.9 Å². The lowest BCUT2D eigenvalue weighted by Gasteiger charge is -2.19. The molecule has 0 aliphatic heterocycles. The first-order valence-electron chi connectivity index (χ1n) is 10.1. The monoisotopic (exact) mass is 408 g/mol. The smallest absolute Gasteiger partial charge is 0.249 e. The number of rotatable bonds is 9. The van der Waals surface area contributed by atoms with Crippen molar-refractivity contribution in [1.29, 1.82) is 0 Å². The lowest BCUT2D eigenvalue weighted by molar-refractivity contribution is -0.126. The molecule has 7 heteroatoms. The molecule has 0 aliphatic rings. The molecule has 158 valence electrons. The lowest BCUT2D eigenvalue weighted by Crippen LogP contribution is -2.44. The second-order valence-corrected chi connectivity index (χ2v) is 7.65. The largest absolute Gasteiger partial charge is 0.496 e. The van der Waals surface area contributed by atoms with E-state index in [0.29, 0.717) is 18.8 Å². The third-order valence-electron chi connectivity index (χ3n) is 4.80. The van der Waals surface area contributed by atoms with Gasteiger partial charge in [0.15, 0.2) is 0 Å². The van der Waals surface area contributed by atoms with E-state index < -0.39 is 6.04 Å². The van der Waals surface area contributed by atoms with E-state index in [2.05, 4.69) is 20.6 Å². The van der Waals surface area contributed by atoms with Crippen LogP contribution in [0.2, 0.25) is 0 Å². The number of H-pyrrole nitrogens is 1. The van der Waals surface area contributed by atoms with Crippen LogP contribution in [0.5, 0.6) is 5.75 Å². The van der Waals surface area contributed by atoms with Gasteiger partial charge < -0.3 is 15.0 Å². The van der Waals surface area contributed by atoms with Gasteiger partial charge in [0.25, 0.3) is 0 Å². The van der Waals surface area contributed by atoms with Crippen molar-refractivity contribution >= 4 is 28.8 Å². The number of aromatic amines is 1. The number of benzene rings is 2. The summed E-state index contributed by atoms with van der Waals surface area (Å²) < 4.78 is 5.33. The molecule has 3 N–H and O–H groups in total. The van der Waals surface area contributed by atoms with Crippen LogP contribution in [0.4, 0.5) is 5.95 Å². The topological polar surface area (TPSA) is 96.1 Å². The Hall–Kier alpha value is -3.35. The first kappa shape index (κ1) is 21.4. The van der Waals surface area contributed by atoms with Crippen molar-refractivity contribution < 1.29 is 14.3 Å². The van der Waals surface area contributed by atoms with Gasteiger partial charge in [-0.3, -0.25) is 14.9 Å². The van der Waals surface area contributed by atoms with Crippen LogP contribution in [0.3, 0.4) is 0 Å². The Bertz CT molecular complexity index is 979. The minimum atomic E-state index is -0.636. The van der Waals surface area contributed by atoms with Crippen molar-refractivity contribution in [3.8, 4) is 5.75 Å². The number of imidazole rings is 1. The molecule has 0 aliphatic carbocycles. The number of ether oxygens (including phenoxy) is 1. The van der Waals surface area contributed by atoms with E-state index in [9.17, 15) is 9.59 Å². The number of fused-ring (bicyclic) bond motifs is 1. The molecule has 0 bridgehead atoms. The first-order valence-corrected chi connectivity index (χ1v) is 10.1. The van der Waals surface area contributed by atoms with Crippen LogP contribution in [0.25, 0.3) is 11.0 Å². The molecule has 1 aromatic heterocycles. The molecule has 3 rings (SSSR count). The molecule has 0 fully saturated rings. The van der Waals surface area contributed by atoms with E-state index in [-0.39, 0.29) is 24.2 Å². The molecule has 0 radical (unpaired) electrons. The van der Waals surface area contributed by atoms with Crippen LogP contribution in [0.15, 0.2) is 48.5 Å². The summed E-state index contributed by atoms with van der Waals surface area (Å²) >= 11 is 0. The van der Waals surface area contributed by atoms with Crippen molar-refractivity contribution in [3.05, 3.63) is 54.1 Å². The van der Waals surface area contributed by atoms with Gasteiger partial charge in [-0.15, -0.1) is 0 Å². The molecule has 7 nitrogen and oxygen atoms in total. The standard InChI is InChI=1S/C23H28N4O3/c1-15(2)14-19(22(29)27-23-25-17-9-5-6-10-18(17)26-23)24-21(28)13-12-16-8-4-7-11-20(16)30-3/h4-11,15,19H,12-14H2,1-3H3,(H,24,28)(H2,25,26,27,29). The average Bonchev–Trinajstić information content (AvgIpc) is 3.13. The van der Waals surface area contributed by atoms with Gasteiger partial charge in [0.05, 0.1) is 18.1 Å². The molecule has 1 unspecified atom stereocenters. The quantitative estimate of drug-likeness (QED) is 0.503. The Morgan fingerprint density at radius 2 is 1.83 bits per heavy atom. The molecule has 0 spiro atoms. The fraction of sp³-hybridized carbons (Fsp3) is 0.348. The SMILES string of the molecule is COc1ccccc1CCC(=O)NC(CC(C)C)C(=O)Nc1nc2ccccc2[nH]1. The number of nitrogens with one attached hydrogen (secondary N) is 3. The molecular formula is C23H28N4O3. The third-order valence-corrected chi connectivity index (χ3v) is 4.80. The number of amides is 2. The van der Waals surface area contributed by atoms with Crippen LogP contribution < -0.4 is 15.4 Å². The van der Waals surface area contributed by atoms with Gasteiger partial charge >= 0.3 is 0 Å². The highest BCUT2D eigenvalue weighted by Crippen LogP contribution is 2.19. The fourth-order valence-electron chi connectivity index (χ4n) is 3.34. The van der Waals surface area contributed by atoms with Gasteiger partial charge in [-0.2, -0.15) is 0 Å². The second-order valence-electron chi connectivity index (χ2n) is 7.65. The van der Waals surface area contributed by atoms with Crippen LogP contribution in [0, 0.1) is 5.92 Å². The van der Waals surface area contributed by atoms with Crippen molar-refractivity contribution in [2.45, 2.75) is 39.2 Å². The van der Waals surface area contributed by atoms with Gasteiger partial charge in [0, 0.05) is 6.42 Å². The Kier molecular flexibility index (Phi) is 7.06. The summed E-state index contributed by atoms with van der Waals surface area (Å²) in [7, 11) is 1.61. The summed E-state index contributed by atoms with van der Waals surface area (Å²) in [5.74, 6) is 0.913. The summed E-state index contributed by atoms with van der Waals surface area (Å²) in [6.45, 7) is 4.03. The van der Waals surface area contributed by atoms with E-state index >= 15 is 0 Å². The number of hydrogen-bond donors (Lipinski definition) is 3. The van der Waals surface area contributed by atoms with Crippen LogP contribution >= 0.6 is 0 Å². The van der Waals surface area contributed by atoms with Gasteiger partial charge in [0.2, 0.25) is 17.8 Å². The maximum absolute atomic E-state index is 12.8. The molecule has 2 aromatic carbocycles. The highest BCUT2D eigenvalue weighted by molar-refractivity contribution is 5.97. The number of carbonyl (C=O) groups excluding carboxylic acids is 2. The first-order chi connectivity index (χ1) is 14.5. The zero-order valence-electron chi connectivity index (χ0n) is 17.6. The van der Waals surface area contributed by atoms with Gasteiger partial charge in [0.1, 0.15) is 11.8 Å². The number of anilines is 1. The van der Waals surface area contributed by atoms with Gasteiger partial charge in [-0.1, -0.05) is 44.2 Å². The van der Waals surface area contributed by atoms with E-state index in [4.69, 9.17) is 4.74 Å². The van der Waals surface area contributed by atoms with E-state index in [1.165, 1.54) is 0 Å². The number of aromatic nitrogens is 2. The predicted molar refractivity (Wildman–Crippen MR) is 117 cm³/mol. The van der Waals surface area contributed by atoms with Crippen molar-refractivity contribution in [2.75, 3.05) is 12.4 Å². The van der Waals surface area contributed by atoms with Gasteiger partial charge in [-0.25, -0.2) is 4.98 Å². The number of aryl methyl sites for hydroxylation is 1. The van der Waals surface area contributed by atoms with Crippen molar-refractivity contribution in [1.82, 2.24) is 15.3 Å². The average molecular weight is 409 g/mol. The van der Waals surface area contributed by atoms with Gasteiger partial charge in [-0.05, 0) is 42.5 Å². The Morgan fingerprint density at radius 1 is 1.10 bits per heavy atom. The summed E-state index contributed by atoms with van der Waals surface area (Å²) in [5, 5.41) is 5.67. The number of hydrogen-bond acceptors (Lipinski definition) is 4. The Morgan fingerprint density at radius 3 is 2.57 bits per heavy atom. The molecule has 0 saturated carbocycles. The molecule has 3 aromatic rings. The third kappa shape index (κ3) is 5.59. The summed E-state index contributed by atoms with van der Waals surface area (Å²) in [6, 6.07) is 14.5. The van der Waals surface area contributed by atoms with E-state index in [1.807, 2.05) is 62.4 Å². The van der Waals surface area contributed by atoms with Crippen LogP contribution in [0.1, 0.15) is 32.3 Å². The number of methoxy groups -OCH3 is 1. The Labute approximate surface area is 176 Å². The number of para-hydroxylation sites is 3. The normalized spacial score (nSPS) is 12.0. The maximum atomic E-state index is 12.8. The predicted octanol–water partition coefficient (Wildman–Crippen LogP) is 3.67.